The van der Waals surface area contributed by atoms with Crippen molar-refractivity contribution in [1.82, 2.24) is 0 Å². The molecule has 206 valence electrons. The number of hydrogen-bond acceptors (Lipinski definition) is 3. The number of carbonyl (C=O) groups is 1. The van der Waals surface area contributed by atoms with Crippen LogP contribution in [0.4, 0.5) is 0 Å². The zero-order valence-electron chi connectivity index (χ0n) is 23.5. The van der Waals surface area contributed by atoms with E-state index >= 15 is 0 Å². The van der Waals surface area contributed by atoms with Crippen molar-refractivity contribution in [2.75, 3.05) is 6.61 Å². The third kappa shape index (κ3) is 13.5. The van der Waals surface area contributed by atoms with Crippen LogP contribution in [0.1, 0.15) is 111 Å². The first-order chi connectivity index (χ1) is 18.0. The van der Waals surface area contributed by atoms with Gasteiger partial charge in [0.15, 0.2) is 0 Å². The Morgan fingerprint density at radius 1 is 0.649 bits per heavy atom. The summed E-state index contributed by atoms with van der Waals surface area (Å²) in [5, 5.41) is 0. The van der Waals surface area contributed by atoms with Crippen LogP contribution in [0.5, 0.6) is 11.5 Å². The topological polar surface area (TPSA) is 35.5 Å². The van der Waals surface area contributed by atoms with E-state index in [4.69, 9.17) is 9.47 Å². The van der Waals surface area contributed by atoms with E-state index in [1.807, 2.05) is 50.2 Å². The van der Waals surface area contributed by atoms with Crippen LogP contribution in [0.3, 0.4) is 0 Å². The first-order valence-corrected chi connectivity index (χ1v) is 15.6. The second-order valence-corrected chi connectivity index (χ2v) is 11.5. The minimum atomic E-state index is -0.302. The smallest absolute Gasteiger partial charge is 0.325 e. The summed E-state index contributed by atoms with van der Waals surface area (Å²) in [6.07, 6.45) is 19.2. The summed E-state index contributed by atoms with van der Waals surface area (Å²) >= 11 is 3.39. The van der Waals surface area contributed by atoms with Gasteiger partial charge in [-0.25, -0.2) is 0 Å². The number of alkyl halides is 1. The maximum atomic E-state index is 12.1. The number of unbranched alkanes of at least 4 members (excludes halogenated alkanes) is 13. The van der Waals surface area contributed by atoms with Crippen LogP contribution in [0.2, 0.25) is 0 Å². The van der Waals surface area contributed by atoms with Gasteiger partial charge in [-0.15, -0.1) is 0 Å². The number of hydrogen-bond donors (Lipinski definition) is 0. The average Bonchev–Trinajstić information content (AvgIpc) is 2.91. The maximum absolute atomic E-state index is 12.1. The minimum absolute atomic E-state index is 0.182. The summed E-state index contributed by atoms with van der Waals surface area (Å²) < 4.78 is 11.4. The standard InChI is InChI=1S/C33H49BrO3/c1-4-5-6-7-8-9-10-11-12-13-14-15-16-17-26-36-30-22-18-28(19-23-30)29-20-24-31(25-21-29)37-33(35)32(34)27(2)3/h18-25,27,32H,4-17,26H2,1-3H3. The third-order valence-electron chi connectivity index (χ3n) is 6.84. The zero-order valence-corrected chi connectivity index (χ0v) is 25.1. The van der Waals surface area contributed by atoms with Gasteiger partial charge < -0.3 is 9.47 Å². The Kier molecular flexibility index (Phi) is 16.4. The monoisotopic (exact) mass is 572 g/mol. The summed E-state index contributed by atoms with van der Waals surface area (Å²) in [5.74, 6) is 1.40. The molecule has 0 N–H and O–H groups in total. The average molecular weight is 574 g/mol. The van der Waals surface area contributed by atoms with Crippen LogP contribution in [-0.4, -0.2) is 17.4 Å². The quantitative estimate of drug-likeness (QED) is 0.0684. The number of halogens is 1. The van der Waals surface area contributed by atoms with Gasteiger partial charge in [0.2, 0.25) is 0 Å². The van der Waals surface area contributed by atoms with Gasteiger partial charge in [0.1, 0.15) is 16.3 Å². The summed E-state index contributed by atoms with van der Waals surface area (Å²) in [6.45, 7) is 7.03. The van der Waals surface area contributed by atoms with Crippen molar-refractivity contribution in [3.8, 4) is 22.6 Å². The summed E-state index contributed by atoms with van der Waals surface area (Å²) in [7, 11) is 0. The molecule has 1 unspecified atom stereocenters. The van der Waals surface area contributed by atoms with Crippen LogP contribution in [0, 0.1) is 5.92 Å². The van der Waals surface area contributed by atoms with Crippen molar-refractivity contribution in [2.45, 2.75) is 115 Å². The molecule has 0 aliphatic carbocycles. The molecule has 0 fully saturated rings. The third-order valence-corrected chi connectivity index (χ3v) is 8.27. The van der Waals surface area contributed by atoms with Crippen LogP contribution < -0.4 is 9.47 Å². The lowest BCUT2D eigenvalue weighted by Crippen LogP contribution is -2.24. The molecule has 4 heteroatoms. The molecule has 0 heterocycles. The molecule has 2 aromatic carbocycles. The van der Waals surface area contributed by atoms with Gasteiger partial charge >= 0.3 is 5.97 Å². The zero-order chi connectivity index (χ0) is 26.7. The lowest BCUT2D eigenvalue weighted by molar-refractivity contribution is -0.134. The van der Waals surface area contributed by atoms with E-state index in [1.165, 1.54) is 83.5 Å². The molecule has 2 rings (SSSR count). The normalized spacial score (nSPS) is 12.0. The molecule has 3 nitrogen and oxygen atoms in total. The van der Waals surface area contributed by atoms with Crippen molar-refractivity contribution in [2.24, 2.45) is 5.92 Å². The van der Waals surface area contributed by atoms with E-state index < -0.39 is 0 Å². The van der Waals surface area contributed by atoms with E-state index in [0.29, 0.717) is 5.75 Å². The van der Waals surface area contributed by atoms with Gasteiger partial charge in [0, 0.05) is 0 Å². The lowest BCUT2D eigenvalue weighted by Gasteiger charge is -2.13. The number of benzene rings is 2. The maximum Gasteiger partial charge on any atom is 0.325 e. The first-order valence-electron chi connectivity index (χ1n) is 14.7. The molecular weight excluding hydrogens is 524 g/mol. The molecule has 1 atom stereocenters. The second-order valence-electron chi connectivity index (χ2n) is 10.6. The molecule has 0 bridgehead atoms. The Hall–Kier alpha value is -1.81. The van der Waals surface area contributed by atoms with E-state index in [9.17, 15) is 4.79 Å². The predicted molar refractivity (Wildman–Crippen MR) is 161 cm³/mol. The number of rotatable bonds is 20. The fourth-order valence-corrected chi connectivity index (χ4v) is 4.48. The minimum Gasteiger partial charge on any atom is -0.494 e. The highest BCUT2D eigenvalue weighted by Crippen LogP contribution is 2.26. The number of ether oxygens (including phenoxy) is 2. The fourth-order valence-electron chi connectivity index (χ4n) is 4.39. The van der Waals surface area contributed by atoms with Gasteiger partial charge in [0.25, 0.3) is 0 Å². The van der Waals surface area contributed by atoms with E-state index in [-0.39, 0.29) is 16.7 Å². The number of carbonyl (C=O) groups excluding carboxylic acids is 1. The summed E-state index contributed by atoms with van der Waals surface area (Å²) in [4.78, 5) is 11.8. The Morgan fingerprint density at radius 3 is 1.49 bits per heavy atom. The molecule has 0 spiro atoms. The van der Waals surface area contributed by atoms with Crippen molar-refractivity contribution in [1.29, 1.82) is 0 Å². The summed E-state index contributed by atoms with van der Waals surface area (Å²) in [6, 6.07) is 15.9. The molecule has 37 heavy (non-hydrogen) atoms. The van der Waals surface area contributed by atoms with Crippen LogP contribution in [-0.2, 0) is 4.79 Å². The second kappa shape index (κ2) is 19.3. The molecule has 0 amide bonds. The fraction of sp³-hybridized carbons (Fsp3) is 0.606. The molecular formula is C33H49BrO3. The van der Waals surface area contributed by atoms with Gasteiger partial charge in [-0.05, 0) is 47.7 Å². The Balaban J connectivity index is 1.54. The molecule has 0 aliphatic rings. The molecule has 0 radical (unpaired) electrons. The van der Waals surface area contributed by atoms with Crippen LogP contribution in [0.25, 0.3) is 11.1 Å². The SMILES string of the molecule is CCCCCCCCCCCCCCCCOc1ccc(-c2ccc(OC(=O)C(Br)C(C)C)cc2)cc1. The predicted octanol–water partition coefficient (Wildman–Crippen LogP) is 10.5. The van der Waals surface area contributed by atoms with E-state index in [2.05, 4.69) is 35.0 Å². The molecule has 0 saturated carbocycles. The Bertz CT molecular complexity index is 845. The Morgan fingerprint density at radius 2 is 1.05 bits per heavy atom. The van der Waals surface area contributed by atoms with Crippen molar-refractivity contribution < 1.29 is 14.3 Å². The summed E-state index contributed by atoms with van der Waals surface area (Å²) in [5.41, 5.74) is 2.19. The van der Waals surface area contributed by atoms with Crippen LogP contribution in [0.15, 0.2) is 48.5 Å². The van der Waals surface area contributed by atoms with Gasteiger partial charge in [-0.3, -0.25) is 4.79 Å². The highest BCUT2D eigenvalue weighted by Gasteiger charge is 2.20. The van der Waals surface area contributed by atoms with Gasteiger partial charge in [-0.2, -0.15) is 0 Å². The van der Waals surface area contributed by atoms with Crippen molar-refractivity contribution in [3.05, 3.63) is 48.5 Å². The van der Waals surface area contributed by atoms with Crippen molar-refractivity contribution in [3.63, 3.8) is 0 Å². The van der Waals surface area contributed by atoms with E-state index in [1.54, 1.807) is 0 Å². The largest absolute Gasteiger partial charge is 0.494 e. The molecule has 0 saturated heterocycles. The molecule has 0 aromatic heterocycles. The lowest BCUT2D eigenvalue weighted by atomic mass is 10.0. The Labute approximate surface area is 234 Å². The highest BCUT2D eigenvalue weighted by molar-refractivity contribution is 9.10. The first kappa shape index (κ1) is 31.4. The molecule has 0 aliphatic heterocycles. The van der Waals surface area contributed by atoms with Crippen molar-refractivity contribution >= 4 is 21.9 Å². The van der Waals surface area contributed by atoms with E-state index in [0.717, 1.165) is 29.9 Å². The van der Waals surface area contributed by atoms with Crippen LogP contribution >= 0.6 is 15.9 Å². The van der Waals surface area contributed by atoms with Gasteiger partial charge in [-0.1, -0.05) is 144 Å². The molecule has 2 aromatic rings. The van der Waals surface area contributed by atoms with Gasteiger partial charge in [0.05, 0.1) is 6.61 Å². The highest BCUT2D eigenvalue weighted by atomic mass is 79.9. The number of esters is 1.